The van der Waals surface area contributed by atoms with E-state index in [9.17, 15) is 9.59 Å². The summed E-state index contributed by atoms with van der Waals surface area (Å²) in [5.74, 6) is 0.831. The topological polar surface area (TPSA) is 78.9 Å². The Morgan fingerprint density at radius 2 is 1.14 bits per heavy atom. The van der Waals surface area contributed by atoms with Crippen molar-refractivity contribution in [3.8, 4) is 11.5 Å². The maximum atomic E-state index is 12.2. The summed E-state index contributed by atoms with van der Waals surface area (Å²) in [5, 5.41) is 1.70. The fraction of sp³-hybridized carbons (Fsp3) is 0.125. The SMILES string of the molecule is COc1cc2oc(=O)c3cc(OC)cc4oc(=O)c(c1)c2c43. The van der Waals surface area contributed by atoms with E-state index in [2.05, 4.69) is 0 Å². The average Bonchev–Trinajstić information content (AvgIpc) is 2.53. The first kappa shape index (κ1) is 12.7. The Kier molecular flexibility index (Phi) is 2.45. The second-order valence-corrected chi connectivity index (χ2v) is 4.88. The highest BCUT2D eigenvalue weighted by Gasteiger charge is 2.19. The molecule has 0 saturated heterocycles. The molecule has 2 heterocycles. The minimum Gasteiger partial charge on any atom is -0.497 e. The molecule has 0 atom stereocenters. The third kappa shape index (κ3) is 1.54. The van der Waals surface area contributed by atoms with Gasteiger partial charge in [-0.1, -0.05) is 0 Å². The smallest absolute Gasteiger partial charge is 0.344 e. The summed E-state index contributed by atoms with van der Waals surface area (Å²) in [6.45, 7) is 0. The third-order valence-corrected chi connectivity index (χ3v) is 3.72. The zero-order chi connectivity index (χ0) is 15.4. The number of hydrogen-bond acceptors (Lipinski definition) is 6. The molecule has 0 saturated carbocycles. The molecule has 0 aliphatic carbocycles. The summed E-state index contributed by atoms with van der Waals surface area (Å²) >= 11 is 0. The highest BCUT2D eigenvalue weighted by atomic mass is 16.5. The molecule has 110 valence electrons. The first-order chi connectivity index (χ1) is 10.6. The summed E-state index contributed by atoms with van der Waals surface area (Å²) in [6.07, 6.45) is 0. The van der Waals surface area contributed by atoms with Crippen LogP contribution in [0.2, 0.25) is 0 Å². The van der Waals surface area contributed by atoms with Crippen LogP contribution >= 0.6 is 0 Å². The summed E-state index contributed by atoms with van der Waals surface area (Å²) in [6, 6.07) is 6.28. The molecule has 4 rings (SSSR count). The minimum absolute atomic E-state index is 0.287. The zero-order valence-electron chi connectivity index (χ0n) is 11.8. The average molecular weight is 298 g/mol. The van der Waals surface area contributed by atoms with E-state index in [1.807, 2.05) is 0 Å². The van der Waals surface area contributed by atoms with Crippen molar-refractivity contribution in [2.24, 2.45) is 0 Å². The lowest BCUT2D eigenvalue weighted by molar-refractivity contribution is 0.413. The van der Waals surface area contributed by atoms with Gasteiger partial charge in [0.05, 0.1) is 25.0 Å². The highest BCUT2D eigenvalue weighted by molar-refractivity contribution is 6.19. The van der Waals surface area contributed by atoms with Gasteiger partial charge in [0.15, 0.2) is 0 Å². The number of rotatable bonds is 2. The first-order valence-corrected chi connectivity index (χ1v) is 6.51. The molecule has 22 heavy (non-hydrogen) atoms. The Bertz CT molecular complexity index is 1040. The molecule has 2 aromatic heterocycles. The molecule has 0 fully saturated rings. The van der Waals surface area contributed by atoms with Gasteiger partial charge in [0.2, 0.25) is 0 Å². The van der Waals surface area contributed by atoms with Crippen molar-refractivity contribution < 1.29 is 18.3 Å². The Labute approximate surface area is 122 Å². The second kappa shape index (κ2) is 4.24. The molecular weight excluding hydrogens is 288 g/mol. The maximum Gasteiger partial charge on any atom is 0.344 e. The van der Waals surface area contributed by atoms with Crippen molar-refractivity contribution >= 4 is 32.7 Å². The number of benzene rings is 2. The standard InChI is InChI=1S/C16H10O6/c1-19-7-3-9-13-11(5-7)21-16(18)10-4-8(20-2)6-12(14(10)13)22-15(9)17/h3-6H,1-2H3. The fourth-order valence-corrected chi connectivity index (χ4v) is 2.72. The Morgan fingerprint density at radius 3 is 1.50 bits per heavy atom. The van der Waals surface area contributed by atoms with Crippen LogP contribution in [0.3, 0.4) is 0 Å². The lowest BCUT2D eigenvalue weighted by Crippen LogP contribution is -2.07. The van der Waals surface area contributed by atoms with Crippen molar-refractivity contribution in [1.29, 1.82) is 0 Å². The first-order valence-electron chi connectivity index (χ1n) is 6.51. The van der Waals surface area contributed by atoms with Crippen LogP contribution in [0.1, 0.15) is 0 Å². The van der Waals surface area contributed by atoms with Crippen molar-refractivity contribution in [2.75, 3.05) is 14.2 Å². The van der Waals surface area contributed by atoms with Crippen LogP contribution in [0.15, 0.2) is 42.7 Å². The van der Waals surface area contributed by atoms with Crippen LogP contribution in [-0.4, -0.2) is 14.2 Å². The zero-order valence-corrected chi connectivity index (χ0v) is 11.8. The summed E-state index contributed by atoms with van der Waals surface area (Å²) in [7, 11) is 2.94. The van der Waals surface area contributed by atoms with Gasteiger partial charge in [-0.2, -0.15) is 0 Å². The molecule has 0 radical (unpaired) electrons. The van der Waals surface area contributed by atoms with Crippen LogP contribution < -0.4 is 20.7 Å². The minimum atomic E-state index is -0.528. The number of ether oxygens (including phenoxy) is 2. The van der Waals surface area contributed by atoms with E-state index in [4.69, 9.17) is 18.3 Å². The van der Waals surface area contributed by atoms with Crippen LogP contribution in [-0.2, 0) is 0 Å². The fourth-order valence-electron chi connectivity index (χ4n) is 2.72. The van der Waals surface area contributed by atoms with Crippen molar-refractivity contribution in [3.05, 3.63) is 45.1 Å². The molecule has 6 nitrogen and oxygen atoms in total. The molecule has 0 aliphatic rings. The quantitative estimate of drug-likeness (QED) is 0.418. The Morgan fingerprint density at radius 1 is 0.727 bits per heavy atom. The van der Waals surface area contributed by atoms with Gasteiger partial charge in [0.25, 0.3) is 0 Å². The van der Waals surface area contributed by atoms with Gasteiger partial charge >= 0.3 is 11.3 Å². The van der Waals surface area contributed by atoms with Gasteiger partial charge in [0, 0.05) is 22.9 Å². The molecule has 0 aliphatic heterocycles. The van der Waals surface area contributed by atoms with Gasteiger partial charge in [-0.25, -0.2) is 9.59 Å². The van der Waals surface area contributed by atoms with E-state index in [0.717, 1.165) is 0 Å². The third-order valence-electron chi connectivity index (χ3n) is 3.72. The normalized spacial score (nSPS) is 11.5. The van der Waals surface area contributed by atoms with Crippen LogP contribution in [0.25, 0.3) is 32.7 Å². The lowest BCUT2D eigenvalue weighted by Gasteiger charge is -2.10. The summed E-state index contributed by atoms with van der Waals surface area (Å²) in [5.41, 5.74) is -0.482. The molecule has 6 heteroatoms. The Balaban J connectivity index is 2.38. The molecule has 0 amide bonds. The predicted octanol–water partition coefficient (Wildman–Crippen LogP) is 2.51. The van der Waals surface area contributed by atoms with Gasteiger partial charge in [-0.3, -0.25) is 0 Å². The molecule has 0 bridgehead atoms. The largest absolute Gasteiger partial charge is 0.497 e. The van der Waals surface area contributed by atoms with E-state index in [1.165, 1.54) is 14.2 Å². The van der Waals surface area contributed by atoms with E-state index in [1.54, 1.807) is 24.3 Å². The van der Waals surface area contributed by atoms with Crippen molar-refractivity contribution in [2.45, 2.75) is 0 Å². The lowest BCUT2D eigenvalue weighted by atomic mass is 10.0. The second-order valence-electron chi connectivity index (χ2n) is 4.88. The van der Waals surface area contributed by atoms with Crippen LogP contribution in [0.5, 0.6) is 11.5 Å². The van der Waals surface area contributed by atoms with E-state index < -0.39 is 11.3 Å². The van der Waals surface area contributed by atoms with Crippen molar-refractivity contribution in [3.63, 3.8) is 0 Å². The number of methoxy groups -OCH3 is 2. The van der Waals surface area contributed by atoms with Crippen LogP contribution in [0, 0.1) is 0 Å². The maximum absolute atomic E-state index is 12.2. The van der Waals surface area contributed by atoms with E-state index in [0.29, 0.717) is 33.0 Å². The summed E-state index contributed by atoms with van der Waals surface area (Å²) < 4.78 is 20.9. The van der Waals surface area contributed by atoms with Gasteiger partial charge < -0.3 is 18.3 Å². The van der Waals surface area contributed by atoms with Gasteiger partial charge in [-0.05, 0) is 12.1 Å². The van der Waals surface area contributed by atoms with Gasteiger partial charge in [-0.15, -0.1) is 0 Å². The molecule has 0 unspecified atom stereocenters. The predicted molar refractivity (Wildman–Crippen MR) is 80.3 cm³/mol. The summed E-state index contributed by atoms with van der Waals surface area (Å²) in [4.78, 5) is 24.5. The molecule has 0 spiro atoms. The van der Waals surface area contributed by atoms with Crippen molar-refractivity contribution in [1.82, 2.24) is 0 Å². The van der Waals surface area contributed by atoms with Gasteiger partial charge in [0.1, 0.15) is 22.7 Å². The Hall–Kier alpha value is -3.02. The van der Waals surface area contributed by atoms with Crippen LogP contribution in [0.4, 0.5) is 0 Å². The number of hydrogen-bond donors (Lipinski definition) is 0. The molecule has 0 N–H and O–H groups in total. The van der Waals surface area contributed by atoms with E-state index in [-0.39, 0.29) is 11.2 Å². The van der Waals surface area contributed by atoms with E-state index >= 15 is 0 Å². The highest BCUT2D eigenvalue weighted by Crippen LogP contribution is 2.35. The monoisotopic (exact) mass is 298 g/mol. The molecule has 2 aromatic carbocycles. The molecule has 4 aromatic rings. The molecular formula is C16H10O6.